The van der Waals surface area contributed by atoms with Gasteiger partial charge in [-0.25, -0.2) is 0 Å². The minimum atomic E-state index is -0.948. The molecule has 2 heterocycles. The molecule has 0 saturated carbocycles. The van der Waals surface area contributed by atoms with Crippen LogP contribution in [-0.4, -0.2) is 71.6 Å². The fourth-order valence-corrected chi connectivity index (χ4v) is 2.81. The number of carbonyl (C=O) groups is 3. The standard InChI is InChI=1S/C13H20N2O5/c1-2-15(10-8-20-7-9(10)13(18)19)12(17)6-14-5-3-4-11(14)16/h9-10H,2-8H2,1H3,(H,18,19). The fourth-order valence-electron chi connectivity index (χ4n) is 2.81. The molecular weight excluding hydrogens is 264 g/mol. The van der Waals surface area contributed by atoms with Crippen molar-refractivity contribution in [3.63, 3.8) is 0 Å². The summed E-state index contributed by atoms with van der Waals surface area (Å²) in [6.45, 7) is 3.23. The van der Waals surface area contributed by atoms with Gasteiger partial charge in [0.1, 0.15) is 5.92 Å². The molecule has 2 aliphatic heterocycles. The molecule has 0 aromatic heterocycles. The minimum Gasteiger partial charge on any atom is -0.481 e. The Morgan fingerprint density at radius 3 is 2.75 bits per heavy atom. The van der Waals surface area contributed by atoms with Crippen LogP contribution in [0.5, 0.6) is 0 Å². The van der Waals surface area contributed by atoms with Crippen molar-refractivity contribution in [1.82, 2.24) is 9.80 Å². The first kappa shape index (κ1) is 14.8. The monoisotopic (exact) mass is 284 g/mol. The summed E-state index contributed by atoms with van der Waals surface area (Å²) in [5.41, 5.74) is 0. The highest BCUT2D eigenvalue weighted by Crippen LogP contribution is 2.21. The van der Waals surface area contributed by atoms with Crippen molar-refractivity contribution >= 4 is 17.8 Å². The van der Waals surface area contributed by atoms with E-state index in [4.69, 9.17) is 9.84 Å². The van der Waals surface area contributed by atoms with E-state index in [0.717, 1.165) is 6.42 Å². The highest BCUT2D eigenvalue weighted by Gasteiger charge is 2.40. The number of carbonyl (C=O) groups excluding carboxylic acids is 2. The third kappa shape index (κ3) is 2.92. The average Bonchev–Trinajstić information content (AvgIpc) is 3.01. The number of amides is 2. The highest BCUT2D eigenvalue weighted by atomic mass is 16.5. The Balaban J connectivity index is 2.01. The Kier molecular flexibility index (Phi) is 4.59. The second-order valence-electron chi connectivity index (χ2n) is 5.15. The van der Waals surface area contributed by atoms with Crippen LogP contribution in [-0.2, 0) is 19.1 Å². The number of likely N-dealkylation sites (tertiary alicyclic amines) is 1. The van der Waals surface area contributed by atoms with E-state index in [1.165, 1.54) is 9.80 Å². The smallest absolute Gasteiger partial charge is 0.311 e. The molecule has 0 radical (unpaired) electrons. The van der Waals surface area contributed by atoms with E-state index in [-0.39, 0.29) is 31.6 Å². The number of aliphatic carboxylic acids is 1. The molecule has 2 aliphatic rings. The summed E-state index contributed by atoms with van der Waals surface area (Å²) >= 11 is 0. The summed E-state index contributed by atoms with van der Waals surface area (Å²) in [4.78, 5) is 38.1. The Bertz CT molecular complexity index is 412. The summed E-state index contributed by atoms with van der Waals surface area (Å²) in [5.74, 6) is -1.85. The van der Waals surface area contributed by atoms with Gasteiger partial charge in [0, 0.05) is 19.5 Å². The molecule has 0 aromatic rings. The lowest BCUT2D eigenvalue weighted by atomic mass is 10.0. The molecule has 2 amide bonds. The Labute approximate surface area is 117 Å². The minimum absolute atomic E-state index is 0.00754. The molecular formula is C13H20N2O5. The van der Waals surface area contributed by atoms with Gasteiger partial charge in [-0.05, 0) is 13.3 Å². The maximum absolute atomic E-state index is 12.3. The van der Waals surface area contributed by atoms with Crippen LogP contribution < -0.4 is 0 Å². The third-order valence-corrected chi connectivity index (χ3v) is 3.93. The summed E-state index contributed by atoms with van der Waals surface area (Å²) in [7, 11) is 0. The molecule has 2 fully saturated rings. The maximum Gasteiger partial charge on any atom is 0.311 e. The van der Waals surface area contributed by atoms with Crippen LogP contribution in [0.4, 0.5) is 0 Å². The number of ether oxygens (including phenoxy) is 1. The quantitative estimate of drug-likeness (QED) is 0.739. The van der Waals surface area contributed by atoms with Crippen molar-refractivity contribution in [2.75, 3.05) is 32.8 Å². The Hall–Kier alpha value is -1.63. The number of nitrogens with zero attached hydrogens (tertiary/aromatic N) is 2. The van der Waals surface area contributed by atoms with E-state index < -0.39 is 17.9 Å². The van der Waals surface area contributed by atoms with Crippen molar-refractivity contribution in [3.05, 3.63) is 0 Å². The molecule has 1 N–H and O–H groups in total. The zero-order valence-corrected chi connectivity index (χ0v) is 11.6. The first-order valence-electron chi connectivity index (χ1n) is 6.92. The number of carboxylic acid groups (broad SMARTS) is 1. The van der Waals surface area contributed by atoms with E-state index in [1.807, 2.05) is 0 Å². The molecule has 2 atom stereocenters. The van der Waals surface area contributed by atoms with Crippen LogP contribution in [0.3, 0.4) is 0 Å². The lowest BCUT2D eigenvalue weighted by molar-refractivity contribution is -0.146. The lowest BCUT2D eigenvalue weighted by Crippen LogP contribution is -2.50. The maximum atomic E-state index is 12.3. The van der Waals surface area contributed by atoms with Crippen LogP contribution in [0.25, 0.3) is 0 Å². The molecule has 20 heavy (non-hydrogen) atoms. The molecule has 7 nitrogen and oxygen atoms in total. The molecule has 0 aromatic carbocycles. The number of likely N-dealkylation sites (N-methyl/N-ethyl adjacent to an activating group) is 1. The number of carboxylic acids is 1. The first-order chi connectivity index (χ1) is 9.54. The molecule has 2 rings (SSSR count). The molecule has 7 heteroatoms. The molecule has 0 aliphatic carbocycles. The van der Waals surface area contributed by atoms with Crippen LogP contribution in [0, 0.1) is 5.92 Å². The molecule has 2 saturated heterocycles. The van der Waals surface area contributed by atoms with E-state index in [0.29, 0.717) is 19.5 Å². The number of rotatable bonds is 5. The first-order valence-corrected chi connectivity index (χ1v) is 6.92. The molecule has 0 bridgehead atoms. The van der Waals surface area contributed by atoms with Crippen LogP contribution in [0.2, 0.25) is 0 Å². The van der Waals surface area contributed by atoms with E-state index in [2.05, 4.69) is 0 Å². The molecule has 112 valence electrons. The normalized spacial score (nSPS) is 26.1. The van der Waals surface area contributed by atoms with Gasteiger partial charge < -0.3 is 19.6 Å². The van der Waals surface area contributed by atoms with E-state index in [1.54, 1.807) is 6.92 Å². The Morgan fingerprint density at radius 1 is 1.45 bits per heavy atom. The molecule has 2 unspecified atom stereocenters. The lowest BCUT2D eigenvalue weighted by Gasteiger charge is -2.30. The van der Waals surface area contributed by atoms with Gasteiger partial charge in [-0.15, -0.1) is 0 Å². The average molecular weight is 284 g/mol. The van der Waals surface area contributed by atoms with Crippen molar-refractivity contribution in [2.45, 2.75) is 25.8 Å². The highest BCUT2D eigenvalue weighted by molar-refractivity contribution is 5.86. The zero-order valence-electron chi connectivity index (χ0n) is 11.6. The van der Waals surface area contributed by atoms with Gasteiger partial charge in [-0.3, -0.25) is 14.4 Å². The van der Waals surface area contributed by atoms with Gasteiger partial charge in [0.05, 0.1) is 25.8 Å². The number of hydrogen-bond donors (Lipinski definition) is 1. The van der Waals surface area contributed by atoms with Gasteiger partial charge in [0.2, 0.25) is 11.8 Å². The predicted octanol–water partition coefficient (Wildman–Crippen LogP) is -0.443. The number of hydrogen-bond acceptors (Lipinski definition) is 4. The summed E-state index contributed by atoms with van der Waals surface area (Å²) in [5, 5.41) is 9.15. The van der Waals surface area contributed by atoms with Gasteiger partial charge in [0.15, 0.2) is 0 Å². The topological polar surface area (TPSA) is 87.2 Å². The summed E-state index contributed by atoms with van der Waals surface area (Å²) in [6, 6.07) is -0.442. The van der Waals surface area contributed by atoms with Crippen molar-refractivity contribution in [1.29, 1.82) is 0 Å². The summed E-state index contributed by atoms with van der Waals surface area (Å²) < 4.78 is 5.20. The summed E-state index contributed by atoms with van der Waals surface area (Å²) in [6.07, 6.45) is 1.27. The van der Waals surface area contributed by atoms with Gasteiger partial charge in [0.25, 0.3) is 0 Å². The third-order valence-electron chi connectivity index (χ3n) is 3.93. The Morgan fingerprint density at radius 2 is 2.20 bits per heavy atom. The predicted molar refractivity (Wildman–Crippen MR) is 68.9 cm³/mol. The van der Waals surface area contributed by atoms with E-state index >= 15 is 0 Å². The SMILES string of the molecule is CCN(C(=O)CN1CCCC1=O)C1COCC1C(=O)O. The molecule has 0 spiro atoms. The van der Waals surface area contributed by atoms with Gasteiger partial charge >= 0.3 is 5.97 Å². The van der Waals surface area contributed by atoms with Gasteiger partial charge in [-0.1, -0.05) is 0 Å². The van der Waals surface area contributed by atoms with Crippen molar-refractivity contribution in [3.8, 4) is 0 Å². The van der Waals surface area contributed by atoms with Crippen molar-refractivity contribution < 1.29 is 24.2 Å². The van der Waals surface area contributed by atoms with Crippen molar-refractivity contribution in [2.24, 2.45) is 5.92 Å². The largest absolute Gasteiger partial charge is 0.481 e. The van der Waals surface area contributed by atoms with E-state index in [9.17, 15) is 14.4 Å². The van der Waals surface area contributed by atoms with Crippen LogP contribution in [0.1, 0.15) is 19.8 Å². The second kappa shape index (κ2) is 6.21. The fraction of sp³-hybridized carbons (Fsp3) is 0.769. The van der Waals surface area contributed by atoms with Crippen LogP contribution >= 0.6 is 0 Å². The van der Waals surface area contributed by atoms with Gasteiger partial charge in [-0.2, -0.15) is 0 Å². The second-order valence-corrected chi connectivity index (χ2v) is 5.15. The zero-order chi connectivity index (χ0) is 14.7. The van der Waals surface area contributed by atoms with Crippen LogP contribution in [0.15, 0.2) is 0 Å².